The lowest BCUT2D eigenvalue weighted by Crippen LogP contribution is -2.30. The molecule has 25 heavy (non-hydrogen) atoms. The average Bonchev–Trinajstić information content (AvgIpc) is 3.26. The van der Waals surface area contributed by atoms with Crippen LogP contribution in [0.5, 0.6) is 0 Å². The van der Waals surface area contributed by atoms with E-state index < -0.39 is 5.97 Å². The molecule has 0 atom stereocenters. The average molecular weight is 342 g/mol. The first-order valence-electron chi connectivity index (χ1n) is 8.41. The van der Waals surface area contributed by atoms with Gasteiger partial charge in [-0.15, -0.1) is 0 Å². The first-order chi connectivity index (χ1) is 12.1. The van der Waals surface area contributed by atoms with Gasteiger partial charge in [0.25, 0.3) is 0 Å². The number of amides is 1. The molecule has 2 aromatic rings. The van der Waals surface area contributed by atoms with Gasteiger partial charge in [-0.3, -0.25) is 4.79 Å². The molecule has 2 N–H and O–H groups in total. The molecular weight excluding hydrogens is 320 g/mol. The van der Waals surface area contributed by atoms with Crippen LogP contribution in [-0.2, 0) is 11.3 Å². The van der Waals surface area contributed by atoms with E-state index in [-0.39, 0.29) is 18.1 Å². The topological polar surface area (TPSA) is 87.5 Å². The first-order valence-corrected chi connectivity index (χ1v) is 8.41. The second kappa shape index (κ2) is 7.38. The number of carboxylic acid groups (broad SMARTS) is 1. The Kier molecular flexibility index (Phi) is 5.02. The van der Waals surface area contributed by atoms with Gasteiger partial charge >= 0.3 is 5.97 Å². The molecule has 1 amide bonds. The Morgan fingerprint density at radius 1 is 1.32 bits per heavy atom. The van der Waals surface area contributed by atoms with Crippen LogP contribution in [0, 0.1) is 0 Å². The van der Waals surface area contributed by atoms with E-state index >= 15 is 0 Å². The summed E-state index contributed by atoms with van der Waals surface area (Å²) in [6, 6.07) is 8.18. The summed E-state index contributed by atoms with van der Waals surface area (Å²) in [5.41, 5.74) is 1.71. The number of benzene rings is 1. The van der Waals surface area contributed by atoms with E-state index in [1.54, 1.807) is 0 Å². The molecule has 1 aromatic carbocycles. The van der Waals surface area contributed by atoms with E-state index in [1.165, 1.54) is 29.9 Å². The van der Waals surface area contributed by atoms with Crippen LogP contribution < -0.4 is 10.2 Å². The van der Waals surface area contributed by atoms with E-state index in [0.29, 0.717) is 6.04 Å². The number of aromatic nitrogens is 2. The van der Waals surface area contributed by atoms with Crippen molar-refractivity contribution in [1.82, 2.24) is 9.55 Å². The summed E-state index contributed by atoms with van der Waals surface area (Å²) in [6.07, 6.45) is 7.38. The summed E-state index contributed by atoms with van der Waals surface area (Å²) in [4.78, 5) is 29.5. The number of nitrogens with one attached hydrogen (secondary N) is 1. The highest BCUT2D eigenvalue weighted by molar-refractivity contribution is 5.95. The number of rotatable bonds is 6. The summed E-state index contributed by atoms with van der Waals surface area (Å²) in [5, 5.41) is 12.0. The predicted molar refractivity (Wildman–Crippen MR) is 94.9 cm³/mol. The number of carboxylic acids is 1. The van der Waals surface area contributed by atoms with E-state index in [4.69, 9.17) is 5.11 Å². The summed E-state index contributed by atoms with van der Waals surface area (Å²) in [5.74, 6) is -1.39. The number of carbonyl (C=O) groups excluding carboxylic acids is 1. The van der Waals surface area contributed by atoms with Crippen LogP contribution in [0.2, 0.25) is 0 Å². The lowest BCUT2D eigenvalue weighted by Gasteiger charge is -2.28. The maximum Gasteiger partial charge on any atom is 0.354 e. The summed E-state index contributed by atoms with van der Waals surface area (Å²) in [7, 11) is 2.05. The maximum atomic E-state index is 12.4. The Hall–Kier alpha value is -2.83. The van der Waals surface area contributed by atoms with Crippen LogP contribution in [0.1, 0.15) is 36.2 Å². The largest absolute Gasteiger partial charge is 0.477 e. The number of para-hydroxylation sites is 2. The summed E-state index contributed by atoms with van der Waals surface area (Å²) in [6.45, 7) is -0.0941. The minimum Gasteiger partial charge on any atom is -0.477 e. The molecule has 0 aliphatic heterocycles. The fourth-order valence-electron chi connectivity index (χ4n) is 3.34. The van der Waals surface area contributed by atoms with Gasteiger partial charge in [0, 0.05) is 13.1 Å². The quantitative estimate of drug-likeness (QED) is 0.842. The Bertz CT molecular complexity index is 765. The molecule has 132 valence electrons. The predicted octanol–water partition coefficient (Wildman–Crippen LogP) is 2.60. The van der Waals surface area contributed by atoms with Crippen molar-refractivity contribution in [1.29, 1.82) is 0 Å². The van der Waals surface area contributed by atoms with Crippen molar-refractivity contribution in [2.75, 3.05) is 17.3 Å². The lowest BCUT2D eigenvalue weighted by molar-refractivity contribution is -0.116. The molecule has 0 bridgehead atoms. The zero-order valence-electron chi connectivity index (χ0n) is 14.2. The monoisotopic (exact) mass is 342 g/mol. The number of carbonyl (C=O) groups is 2. The first kappa shape index (κ1) is 17.0. The zero-order chi connectivity index (χ0) is 17.8. The molecule has 0 unspecified atom stereocenters. The molecule has 1 aromatic heterocycles. The third kappa shape index (κ3) is 3.81. The van der Waals surface area contributed by atoms with E-state index in [2.05, 4.69) is 22.2 Å². The molecule has 7 nitrogen and oxygen atoms in total. The van der Waals surface area contributed by atoms with Crippen molar-refractivity contribution in [2.45, 2.75) is 38.3 Å². The SMILES string of the molecule is CN(c1ccccc1NC(=O)Cn1cncc1C(=O)O)C1CCCC1. The van der Waals surface area contributed by atoms with Gasteiger partial charge in [-0.2, -0.15) is 0 Å². The fourth-order valence-corrected chi connectivity index (χ4v) is 3.34. The van der Waals surface area contributed by atoms with Crippen molar-refractivity contribution >= 4 is 23.3 Å². The van der Waals surface area contributed by atoms with Gasteiger partial charge in [0.2, 0.25) is 5.91 Å². The molecule has 0 radical (unpaired) electrons. The van der Waals surface area contributed by atoms with Crippen LogP contribution in [0.4, 0.5) is 11.4 Å². The van der Waals surface area contributed by atoms with Crippen LogP contribution >= 0.6 is 0 Å². The van der Waals surface area contributed by atoms with E-state index in [9.17, 15) is 9.59 Å². The number of nitrogens with zero attached hydrogens (tertiary/aromatic N) is 3. The molecule has 0 saturated heterocycles. The Balaban J connectivity index is 1.73. The molecule has 1 saturated carbocycles. The highest BCUT2D eigenvalue weighted by atomic mass is 16.4. The van der Waals surface area contributed by atoms with Crippen molar-refractivity contribution in [3.63, 3.8) is 0 Å². The van der Waals surface area contributed by atoms with Crippen molar-refractivity contribution < 1.29 is 14.7 Å². The summed E-state index contributed by atoms with van der Waals surface area (Å²) < 4.78 is 1.32. The fraction of sp³-hybridized carbons (Fsp3) is 0.389. The van der Waals surface area contributed by atoms with Gasteiger partial charge in [-0.05, 0) is 25.0 Å². The van der Waals surface area contributed by atoms with Gasteiger partial charge in [0.1, 0.15) is 12.2 Å². The van der Waals surface area contributed by atoms with Crippen LogP contribution in [-0.4, -0.2) is 39.6 Å². The molecular formula is C18H22N4O3. The standard InChI is InChI=1S/C18H22N4O3/c1-21(13-6-2-3-7-13)15-9-5-4-8-14(15)20-17(23)11-22-12-19-10-16(22)18(24)25/h4-5,8-10,12-13H,2-3,6-7,11H2,1H3,(H,20,23)(H,24,25). The number of anilines is 2. The molecule has 3 rings (SSSR count). The number of hydrogen-bond acceptors (Lipinski definition) is 4. The summed E-state index contributed by atoms with van der Waals surface area (Å²) >= 11 is 0. The smallest absolute Gasteiger partial charge is 0.354 e. The lowest BCUT2D eigenvalue weighted by atomic mass is 10.1. The van der Waals surface area contributed by atoms with E-state index in [0.717, 1.165) is 24.2 Å². The molecule has 1 aliphatic carbocycles. The Morgan fingerprint density at radius 2 is 2.04 bits per heavy atom. The number of aromatic carboxylic acids is 1. The van der Waals surface area contributed by atoms with Crippen molar-refractivity contribution in [3.8, 4) is 0 Å². The Labute approximate surface area is 146 Å². The molecule has 1 fully saturated rings. The second-order valence-electron chi connectivity index (χ2n) is 6.33. The van der Waals surface area contributed by atoms with Crippen molar-refractivity contribution in [2.24, 2.45) is 0 Å². The second-order valence-corrected chi connectivity index (χ2v) is 6.33. The minimum absolute atomic E-state index is 0.00786. The van der Waals surface area contributed by atoms with Crippen LogP contribution in [0.3, 0.4) is 0 Å². The molecule has 1 aliphatic rings. The van der Waals surface area contributed by atoms with Crippen LogP contribution in [0.25, 0.3) is 0 Å². The third-order valence-electron chi connectivity index (χ3n) is 4.68. The molecule has 7 heteroatoms. The van der Waals surface area contributed by atoms with Crippen molar-refractivity contribution in [3.05, 3.63) is 42.5 Å². The van der Waals surface area contributed by atoms with Gasteiger partial charge in [-0.25, -0.2) is 9.78 Å². The van der Waals surface area contributed by atoms with Gasteiger partial charge < -0.3 is 19.9 Å². The zero-order valence-corrected chi connectivity index (χ0v) is 14.2. The molecule has 1 heterocycles. The minimum atomic E-state index is -1.10. The maximum absolute atomic E-state index is 12.4. The number of hydrogen-bond donors (Lipinski definition) is 2. The molecule has 0 spiro atoms. The highest BCUT2D eigenvalue weighted by Crippen LogP contribution is 2.31. The highest BCUT2D eigenvalue weighted by Gasteiger charge is 2.22. The third-order valence-corrected chi connectivity index (χ3v) is 4.68. The normalized spacial score (nSPS) is 14.4. The van der Waals surface area contributed by atoms with Gasteiger partial charge in [0.15, 0.2) is 0 Å². The van der Waals surface area contributed by atoms with Gasteiger partial charge in [0.05, 0.1) is 23.9 Å². The van der Waals surface area contributed by atoms with E-state index in [1.807, 2.05) is 24.3 Å². The van der Waals surface area contributed by atoms with Crippen LogP contribution in [0.15, 0.2) is 36.8 Å². The number of imidazole rings is 1. The Morgan fingerprint density at radius 3 is 2.76 bits per heavy atom. The van der Waals surface area contributed by atoms with Gasteiger partial charge in [-0.1, -0.05) is 25.0 Å².